The van der Waals surface area contributed by atoms with E-state index in [2.05, 4.69) is 0 Å². The summed E-state index contributed by atoms with van der Waals surface area (Å²) in [6.45, 7) is -0.313. The molecule has 0 aliphatic rings. The highest BCUT2D eigenvalue weighted by atomic mass is 32.2. The number of nitro groups is 1. The SMILES string of the molecule is O=[N+]([O-])CCCS(=O)(=O)c1ccccc1. The number of sulfone groups is 1. The highest BCUT2D eigenvalue weighted by Gasteiger charge is 2.14. The van der Waals surface area contributed by atoms with E-state index in [1.165, 1.54) is 12.1 Å². The first-order valence-electron chi connectivity index (χ1n) is 4.42. The average Bonchev–Trinajstić information content (AvgIpc) is 2.18. The summed E-state index contributed by atoms with van der Waals surface area (Å²) >= 11 is 0. The van der Waals surface area contributed by atoms with Crippen LogP contribution in [0.1, 0.15) is 6.42 Å². The molecule has 0 unspecified atom stereocenters. The number of hydrogen-bond acceptors (Lipinski definition) is 4. The Labute approximate surface area is 87.8 Å². The Balaban J connectivity index is 2.65. The molecule has 1 aromatic carbocycles. The van der Waals surface area contributed by atoms with Crippen LogP contribution in [0.2, 0.25) is 0 Å². The second kappa shape index (κ2) is 4.88. The van der Waals surface area contributed by atoms with Crippen LogP contribution in [0, 0.1) is 10.1 Å². The van der Waals surface area contributed by atoms with Gasteiger partial charge in [0.05, 0.1) is 10.6 Å². The molecule has 0 saturated heterocycles. The Morgan fingerprint density at radius 3 is 2.33 bits per heavy atom. The third-order valence-corrected chi connectivity index (χ3v) is 3.67. The molecule has 6 heteroatoms. The number of hydrogen-bond donors (Lipinski definition) is 0. The molecule has 1 rings (SSSR count). The first kappa shape index (κ1) is 11.6. The molecule has 0 saturated carbocycles. The molecule has 0 atom stereocenters. The summed E-state index contributed by atoms with van der Waals surface area (Å²) in [6, 6.07) is 7.94. The van der Waals surface area contributed by atoms with E-state index < -0.39 is 14.8 Å². The van der Waals surface area contributed by atoms with Gasteiger partial charge in [-0.25, -0.2) is 8.42 Å². The number of benzene rings is 1. The molecule has 0 bridgehead atoms. The van der Waals surface area contributed by atoms with E-state index in [0.717, 1.165) is 0 Å². The Morgan fingerprint density at radius 1 is 1.20 bits per heavy atom. The van der Waals surface area contributed by atoms with Crippen LogP contribution in [-0.4, -0.2) is 25.6 Å². The highest BCUT2D eigenvalue weighted by Crippen LogP contribution is 2.10. The molecule has 1 aromatic rings. The summed E-state index contributed by atoms with van der Waals surface area (Å²) in [5, 5.41) is 10.0. The molecule has 0 aromatic heterocycles. The van der Waals surface area contributed by atoms with Gasteiger partial charge in [0.1, 0.15) is 0 Å². The molecular formula is C9H11NO4S. The Kier molecular flexibility index (Phi) is 3.79. The summed E-state index contributed by atoms with van der Waals surface area (Å²) in [6.07, 6.45) is 0.0459. The Bertz CT molecular complexity index is 427. The van der Waals surface area contributed by atoms with Gasteiger partial charge in [-0.15, -0.1) is 0 Å². The van der Waals surface area contributed by atoms with Crippen LogP contribution in [0.25, 0.3) is 0 Å². The van der Waals surface area contributed by atoms with Gasteiger partial charge in [-0.3, -0.25) is 10.1 Å². The molecule has 0 aliphatic heterocycles. The summed E-state index contributed by atoms with van der Waals surface area (Å²) in [5.74, 6) is -0.183. The molecular weight excluding hydrogens is 218 g/mol. The van der Waals surface area contributed by atoms with Gasteiger partial charge < -0.3 is 0 Å². The Hall–Kier alpha value is -1.43. The minimum Gasteiger partial charge on any atom is -0.265 e. The zero-order valence-electron chi connectivity index (χ0n) is 8.00. The topological polar surface area (TPSA) is 77.3 Å². The van der Waals surface area contributed by atoms with Crippen molar-refractivity contribution in [3.05, 3.63) is 40.4 Å². The van der Waals surface area contributed by atoms with Crippen LogP contribution in [-0.2, 0) is 9.84 Å². The third-order valence-electron chi connectivity index (χ3n) is 1.86. The quantitative estimate of drug-likeness (QED) is 0.560. The van der Waals surface area contributed by atoms with Crippen LogP contribution in [0.15, 0.2) is 35.2 Å². The van der Waals surface area contributed by atoms with Crippen molar-refractivity contribution in [2.45, 2.75) is 11.3 Å². The van der Waals surface area contributed by atoms with Gasteiger partial charge in [0, 0.05) is 11.3 Å². The lowest BCUT2D eigenvalue weighted by Crippen LogP contribution is -2.11. The van der Waals surface area contributed by atoms with E-state index in [0.29, 0.717) is 0 Å². The lowest BCUT2D eigenvalue weighted by Gasteiger charge is -2.01. The van der Waals surface area contributed by atoms with Crippen LogP contribution in [0.4, 0.5) is 0 Å². The van der Waals surface area contributed by atoms with Gasteiger partial charge in [-0.1, -0.05) is 18.2 Å². The molecule has 15 heavy (non-hydrogen) atoms. The van der Waals surface area contributed by atoms with E-state index in [9.17, 15) is 18.5 Å². The summed E-state index contributed by atoms with van der Waals surface area (Å²) < 4.78 is 23.2. The van der Waals surface area contributed by atoms with Crippen molar-refractivity contribution in [3.8, 4) is 0 Å². The maximum atomic E-state index is 11.6. The van der Waals surface area contributed by atoms with Crippen molar-refractivity contribution < 1.29 is 13.3 Å². The second-order valence-electron chi connectivity index (χ2n) is 3.04. The van der Waals surface area contributed by atoms with Crippen molar-refractivity contribution in [1.29, 1.82) is 0 Å². The molecule has 82 valence electrons. The Morgan fingerprint density at radius 2 is 1.80 bits per heavy atom. The van der Waals surface area contributed by atoms with E-state index in [-0.39, 0.29) is 23.6 Å². The van der Waals surface area contributed by atoms with Crippen molar-refractivity contribution in [2.75, 3.05) is 12.3 Å². The fraction of sp³-hybridized carbons (Fsp3) is 0.333. The van der Waals surface area contributed by atoms with Crippen LogP contribution in [0.5, 0.6) is 0 Å². The monoisotopic (exact) mass is 229 g/mol. The molecule has 0 radical (unpaired) electrons. The maximum absolute atomic E-state index is 11.6. The fourth-order valence-corrected chi connectivity index (χ4v) is 2.45. The van der Waals surface area contributed by atoms with E-state index in [1.54, 1.807) is 18.2 Å². The van der Waals surface area contributed by atoms with Crippen LogP contribution >= 0.6 is 0 Å². The van der Waals surface area contributed by atoms with Crippen molar-refractivity contribution in [1.82, 2.24) is 0 Å². The second-order valence-corrected chi connectivity index (χ2v) is 5.15. The first-order valence-corrected chi connectivity index (χ1v) is 6.07. The van der Waals surface area contributed by atoms with Gasteiger partial charge in [0.2, 0.25) is 6.54 Å². The molecule has 0 N–H and O–H groups in total. The molecule has 0 fully saturated rings. The number of rotatable bonds is 5. The zero-order valence-corrected chi connectivity index (χ0v) is 8.81. The van der Waals surface area contributed by atoms with Gasteiger partial charge in [-0.2, -0.15) is 0 Å². The van der Waals surface area contributed by atoms with Crippen molar-refractivity contribution >= 4 is 9.84 Å². The fourth-order valence-electron chi connectivity index (χ4n) is 1.13. The molecule has 0 aliphatic carbocycles. The summed E-state index contributed by atoms with van der Waals surface area (Å²) in [4.78, 5) is 9.74. The standard InChI is InChI=1S/C9H11NO4S/c11-10(12)7-4-8-15(13,14)9-5-2-1-3-6-9/h1-3,5-6H,4,7-8H2. The van der Waals surface area contributed by atoms with E-state index >= 15 is 0 Å². The predicted molar refractivity (Wildman–Crippen MR) is 55.0 cm³/mol. The average molecular weight is 229 g/mol. The third kappa shape index (κ3) is 3.67. The lowest BCUT2D eigenvalue weighted by molar-refractivity contribution is -0.479. The first-order chi connectivity index (χ1) is 7.02. The van der Waals surface area contributed by atoms with Crippen molar-refractivity contribution in [2.24, 2.45) is 0 Å². The number of nitrogens with zero attached hydrogens (tertiary/aromatic N) is 1. The minimum absolute atomic E-state index is 0.0459. The molecule has 5 nitrogen and oxygen atoms in total. The van der Waals surface area contributed by atoms with Crippen LogP contribution in [0.3, 0.4) is 0 Å². The van der Waals surface area contributed by atoms with E-state index in [1.807, 2.05) is 0 Å². The van der Waals surface area contributed by atoms with Gasteiger partial charge >= 0.3 is 0 Å². The largest absolute Gasteiger partial charge is 0.265 e. The van der Waals surface area contributed by atoms with Gasteiger partial charge in [0.15, 0.2) is 9.84 Å². The van der Waals surface area contributed by atoms with Crippen LogP contribution < -0.4 is 0 Å². The normalized spacial score (nSPS) is 11.2. The minimum atomic E-state index is -3.36. The predicted octanol–water partition coefficient (Wildman–Crippen LogP) is 1.13. The van der Waals surface area contributed by atoms with Crippen molar-refractivity contribution in [3.63, 3.8) is 0 Å². The molecule has 0 spiro atoms. The van der Waals surface area contributed by atoms with Gasteiger partial charge in [0.25, 0.3) is 0 Å². The summed E-state index contributed by atoms with van der Waals surface area (Å²) in [5.41, 5.74) is 0. The molecule has 0 amide bonds. The zero-order chi connectivity index (χ0) is 11.3. The lowest BCUT2D eigenvalue weighted by atomic mass is 10.4. The van der Waals surface area contributed by atoms with Gasteiger partial charge in [-0.05, 0) is 12.1 Å². The molecule has 0 heterocycles. The highest BCUT2D eigenvalue weighted by molar-refractivity contribution is 7.91. The maximum Gasteiger partial charge on any atom is 0.204 e. The smallest absolute Gasteiger partial charge is 0.204 e. The van der Waals surface area contributed by atoms with E-state index in [4.69, 9.17) is 0 Å². The summed E-state index contributed by atoms with van der Waals surface area (Å²) in [7, 11) is -3.36.